The van der Waals surface area contributed by atoms with E-state index in [0.29, 0.717) is 22.2 Å². The Hall–Kier alpha value is -3.82. The molecule has 7 nitrogen and oxygen atoms in total. The maximum absolute atomic E-state index is 13.4. The van der Waals surface area contributed by atoms with Crippen molar-refractivity contribution in [3.8, 4) is 5.75 Å². The highest BCUT2D eigenvalue weighted by Gasteiger charge is 2.35. The van der Waals surface area contributed by atoms with Crippen molar-refractivity contribution in [2.24, 2.45) is 0 Å². The smallest absolute Gasteiger partial charge is 0.293 e. The number of rotatable bonds is 7. The number of nitrogens with zero attached hydrogens (tertiary/aromatic N) is 2. The van der Waals surface area contributed by atoms with Crippen LogP contribution in [0.3, 0.4) is 0 Å². The first-order valence-corrected chi connectivity index (χ1v) is 13.9. The molecule has 0 unspecified atom stereocenters. The predicted molar refractivity (Wildman–Crippen MR) is 145 cm³/mol. The number of aromatic nitrogens is 1. The molecule has 2 amide bonds. The average molecular weight is 533 g/mol. The van der Waals surface area contributed by atoms with Gasteiger partial charge in [0.15, 0.2) is 0 Å². The summed E-state index contributed by atoms with van der Waals surface area (Å²) in [6, 6.07) is 21.2. The summed E-state index contributed by atoms with van der Waals surface area (Å²) in [7, 11) is -3.87. The number of hydrogen-bond donors (Lipinski definition) is 0. The highest BCUT2D eigenvalue weighted by molar-refractivity contribution is 8.18. The van der Waals surface area contributed by atoms with Gasteiger partial charge in [0.2, 0.25) is 0 Å². The first-order valence-electron chi connectivity index (χ1n) is 11.6. The van der Waals surface area contributed by atoms with Crippen molar-refractivity contribution in [3.63, 3.8) is 0 Å². The van der Waals surface area contributed by atoms with Crippen molar-refractivity contribution in [1.82, 2.24) is 8.87 Å². The van der Waals surface area contributed by atoms with Crippen LogP contribution in [0.4, 0.5) is 4.79 Å². The van der Waals surface area contributed by atoms with Crippen LogP contribution in [0.5, 0.6) is 5.75 Å². The molecule has 9 heteroatoms. The van der Waals surface area contributed by atoms with E-state index >= 15 is 0 Å². The molecule has 0 radical (unpaired) electrons. The maximum atomic E-state index is 13.4. The van der Waals surface area contributed by atoms with Crippen molar-refractivity contribution < 1.29 is 22.7 Å². The van der Waals surface area contributed by atoms with Crippen LogP contribution in [0.1, 0.15) is 16.7 Å². The van der Waals surface area contributed by atoms with Crippen LogP contribution >= 0.6 is 11.8 Å². The molecule has 0 N–H and O–H groups in total. The molecule has 0 spiro atoms. The van der Waals surface area contributed by atoms with Gasteiger partial charge in [0.05, 0.1) is 21.9 Å². The summed E-state index contributed by atoms with van der Waals surface area (Å²) in [5, 5.41) is 0.271. The summed E-state index contributed by atoms with van der Waals surface area (Å²) in [6.07, 6.45) is 3.07. The summed E-state index contributed by atoms with van der Waals surface area (Å²) in [5.74, 6) is 0.233. The van der Waals surface area contributed by atoms with Crippen LogP contribution in [0.15, 0.2) is 88.8 Å². The predicted octanol–water partition coefficient (Wildman–Crippen LogP) is 5.61. The molecule has 0 saturated carbocycles. The minimum atomic E-state index is -3.87. The van der Waals surface area contributed by atoms with Gasteiger partial charge in [-0.1, -0.05) is 53.6 Å². The van der Waals surface area contributed by atoms with Crippen LogP contribution in [0.2, 0.25) is 0 Å². The lowest BCUT2D eigenvalue weighted by Gasteiger charge is -2.13. The van der Waals surface area contributed by atoms with E-state index in [2.05, 4.69) is 0 Å². The largest absolute Gasteiger partial charge is 0.492 e. The van der Waals surface area contributed by atoms with Crippen LogP contribution in [-0.2, 0) is 14.8 Å². The van der Waals surface area contributed by atoms with Gasteiger partial charge in [-0.3, -0.25) is 14.5 Å². The average Bonchev–Trinajstić information content (AvgIpc) is 3.38. The van der Waals surface area contributed by atoms with E-state index in [-0.39, 0.29) is 28.2 Å². The number of carbonyl (C=O) groups is 2. The monoisotopic (exact) mass is 532 g/mol. The van der Waals surface area contributed by atoms with Crippen molar-refractivity contribution in [2.75, 3.05) is 13.2 Å². The first kappa shape index (κ1) is 24.9. The zero-order valence-electron chi connectivity index (χ0n) is 20.2. The molecule has 1 aliphatic heterocycles. The van der Waals surface area contributed by atoms with Crippen molar-refractivity contribution >= 4 is 49.9 Å². The van der Waals surface area contributed by atoms with Gasteiger partial charge >= 0.3 is 0 Å². The molecule has 1 fully saturated rings. The van der Waals surface area contributed by atoms with Crippen molar-refractivity contribution in [1.29, 1.82) is 0 Å². The molecule has 37 heavy (non-hydrogen) atoms. The van der Waals surface area contributed by atoms with Gasteiger partial charge in [-0.15, -0.1) is 0 Å². The summed E-state index contributed by atoms with van der Waals surface area (Å²) in [4.78, 5) is 27.2. The highest BCUT2D eigenvalue weighted by Crippen LogP contribution is 2.35. The fourth-order valence-corrected chi connectivity index (χ4v) is 6.27. The number of amides is 2. The van der Waals surface area contributed by atoms with Gasteiger partial charge in [-0.2, -0.15) is 0 Å². The van der Waals surface area contributed by atoms with Crippen LogP contribution < -0.4 is 4.74 Å². The number of fused-ring (bicyclic) bond motifs is 1. The van der Waals surface area contributed by atoms with E-state index in [1.807, 2.05) is 38.1 Å². The van der Waals surface area contributed by atoms with E-state index < -0.39 is 15.9 Å². The van der Waals surface area contributed by atoms with E-state index in [0.717, 1.165) is 27.8 Å². The topological polar surface area (TPSA) is 85.7 Å². The zero-order valence-corrected chi connectivity index (χ0v) is 21.9. The lowest BCUT2D eigenvalue weighted by atomic mass is 10.1. The van der Waals surface area contributed by atoms with E-state index in [1.54, 1.807) is 54.6 Å². The zero-order chi connectivity index (χ0) is 26.2. The van der Waals surface area contributed by atoms with E-state index in [9.17, 15) is 18.0 Å². The van der Waals surface area contributed by atoms with Gasteiger partial charge in [-0.25, -0.2) is 12.4 Å². The lowest BCUT2D eigenvalue weighted by Crippen LogP contribution is -2.32. The quantitative estimate of drug-likeness (QED) is 0.288. The molecule has 0 aliphatic carbocycles. The number of benzene rings is 3. The van der Waals surface area contributed by atoms with Gasteiger partial charge < -0.3 is 4.74 Å². The van der Waals surface area contributed by atoms with Gasteiger partial charge in [-0.05, 0) is 62.0 Å². The molecule has 1 aromatic heterocycles. The van der Waals surface area contributed by atoms with E-state index in [4.69, 9.17) is 4.74 Å². The molecular formula is C28H24N2O5S2. The molecule has 3 aromatic carbocycles. The summed E-state index contributed by atoms with van der Waals surface area (Å²) >= 11 is 0.832. The third-order valence-corrected chi connectivity index (χ3v) is 8.65. The van der Waals surface area contributed by atoms with Crippen molar-refractivity contribution in [3.05, 3.63) is 101 Å². The third kappa shape index (κ3) is 4.92. The third-order valence-electron chi connectivity index (χ3n) is 6.05. The minimum Gasteiger partial charge on any atom is -0.492 e. The minimum absolute atomic E-state index is 0.111. The molecule has 0 atom stereocenters. The van der Waals surface area contributed by atoms with Gasteiger partial charge in [0.1, 0.15) is 12.4 Å². The maximum Gasteiger partial charge on any atom is 0.293 e. The number of aryl methyl sites for hydroxylation is 2. The lowest BCUT2D eigenvalue weighted by molar-refractivity contribution is -0.123. The van der Waals surface area contributed by atoms with Crippen molar-refractivity contribution in [2.45, 2.75) is 18.7 Å². The Balaban J connectivity index is 1.41. The highest BCUT2D eigenvalue weighted by atomic mass is 32.2. The standard InChI is InChI=1S/C28H24N2O5S2/c1-19-7-11-22(12-8-19)35-16-15-29-27(31)26(36-28(29)32)17-21-18-30(25-6-4-3-5-24(21)25)37(33,34)23-13-9-20(2)10-14-23/h3-14,17-18H,15-16H2,1-2H3/b26-17-. The SMILES string of the molecule is Cc1ccc(OCCN2C(=O)S/C(=C\c3cn(S(=O)(=O)c4ccc(C)cc4)c4ccccc34)C2=O)cc1. The number of hydrogen-bond acceptors (Lipinski definition) is 6. The first-order chi connectivity index (χ1) is 17.7. The summed E-state index contributed by atoms with van der Waals surface area (Å²) < 4.78 is 33.7. The van der Waals surface area contributed by atoms with Gasteiger partial charge in [0, 0.05) is 17.1 Å². The molecule has 5 rings (SSSR count). The normalized spacial score (nSPS) is 15.2. The Kier molecular flexibility index (Phi) is 6.66. The second-order valence-corrected chi connectivity index (χ2v) is 11.5. The molecule has 188 valence electrons. The molecule has 1 saturated heterocycles. The van der Waals surface area contributed by atoms with Crippen LogP contribution in [-0.4, -0.2) is 41.6 Å². The number of para-hydroxylation sites is 1. The second-order valence-electron chi connectivity index (χ2n) is 8.71. The number of imide groups is 1. The fraction of sp³-hybridized carbons (Fsp3) is 0.143. The Morgan fingerprint density at radius 3 is 2.24 bits per heavy atom. The molecule has 1 aliphatic rings. The molecule has 4 aromatic rings. The second kappa shape index (κ2) is 9.91. The molecule has 2 heterocycles. The summed E-state index contributed by atoms with van der Waals surface area (Å²) in [5.41, 5.74) is 3.08. The Morgan fingerprint density at radius 2 is 1.54 bits per heavy atom. The number of carbonyl (C=O) groups excluding carboxylic acids is 2. The summed E-state index contributed by atoms with van der Waals surface area (Å²) in [6.45, 7) is 4.15. The fourth-order valence-electron chi connectivity index (χ4n) is 4.04. The molecule has 0 bridgehead atoms. The Labute approximate surface area is 219 Å². The number of ether oxygens (including phenoxy) is 1. The number of thioether (sulfide) groups is 1. The Bertz CT molecular complexity index is 1640. The van der Waals surface area contributed by atoms with Crippen LogP contribution in [0, 0.1) is 13.8 Å². The van der Waals surface area contributed by atoms with Crippen LogP contribution in [0.25, 0.3) is 17.0 Å². The molecular weight excluding hydrogens is 508 g/mol. The van der Waals surface area contributed by atoms with E-state index in [1.165, 1.54) is 10.2 Å². The van der Waals surface area contributed by atoms with Gasteiger partial charge in [0.25, 0.3) is 21.2 Å². The Morgan fingerprint density at radius 1 is 0.892 bits per heavy atom.